The van der Waals surface area contributed by atoms with Crippen molar-refractivity contribution in [3.8, 4) is 0 Å². The van der Waals surface area contributed by atoms with Crippen molar-refractivity contribution < 1.29 is 49.0 Å². The first-order chi connectivity index (χ1) is 25.3. The van der Waals surface area contributed by atoms with E-state index in [9.17, 15) is 30.0 Å². The predicted octanol–water partition coefficient (Wildman–Crippen LogP) is 8.39. The summed E-state index contributed by atoms with van der Waals surface area (Å²) in [6.07, 6.45) is 26.4. The van der Waals surface area contributed by atoms with E-state index in [-0.39, 0.29) is 32.0 Å². The molecule has 0 saturated carbocycles. The molecule has 6 atom stereocenters. The summed E-state index contributed by atoms with van der Waals surface area (Å²) in [5.74, 6) is -0.810. The number of rotatable bonds is 35. The van der Waals surface area contributed by atoms with Gasteiger partial charge in [0.25, 0.3) is 0 Å². The van der Waals surface area contributed by atoms with Crippen LogP contribution in [-0.4, -0.2) is 89.0 Å². The number of esters is 2. The summed E-state index contributed by atoms with van der Waals surface area (Å²) in [5.41, 5.74) is 0. The van der Waals surface area contributed by atoms with Crippen molar-refractivity contribution in [2.24, 2.45) is 0 Å². The molecule has 1 aliphatic rings. The predicted molar refractivity (Wildman–Crippen MR) is 206 cm³/mol. The topological polar surface area (TPSA) is 152 Å². The van der Waals surface area contributed by atoms with Gasteiger partial charge in [-0.3, -0.25) is 9.59 Å². The molecule has 1 heterocycles. The Kier molecular flexibility index (Phi) is 31.7. The zero-order chi connectivity index (χ0) is 38.1. The first kappa shape index (κ1) is 48.5. The molecule has 0 aromatic rings. The fourth-order valence-electron chi connectivity index (χ4n) is 6.48. The van der Waals surface area contributed by atoms with Crippen LogP contribution in [0.3, 0.4) is 0 Å². The molecule has 1 fully saturated rings. The van der Waals surface area contributed by atoms with Crippen molar-refractivity contribution in [3.05, 3.63) is 12.2 Å². The number of ether oxygens (including phenoxy) is 4. The lowest BCUT2D eigenvalue weighted by molar-refractivity contribution is -0.305. The quantitative estimate of drug-likeness (QED) is 0.0283. The highest BCUT2D eigenvalue weighted by atomic mass is 16.7. The Morgan fingerprint density at radius 2 is 1.02 bits per heavy atom. The van der Waals surface area contributed by atoms with Gasteiger partial charge in [-0.1, -0.05) is 148 Å². The molecule has 52 heavy (non-hydrogen) atoms. The summed E-state index contributed by atoms with van der Waals surface area (Å²) < 4.78 is 22.1. The molecule has 1 rings (SSSR count). The second-order valence-corrected chi connectivity index (χ2v) is 14.8. The first-order valence-electron chi connectivity index (χ1n) is 21.3. The SMILES string of the molecule is CCCCCCC/C=C\CCCCCCCC(=O)OC(COC(=O)CCCCCCCCCCCCCCC)COC1OC(CO)C(O)C(O)C1O. The van der Waals surface area contributed by atoms with Crippen LogP contribution >= 0.6 is 0 Å². The van der Waals surface area contributed by atoms with Crippen molar-refractivity contribution in [1.82, 2.24) is 0 Å². The number of carbonyl (C=O) groups excluding carboxylic acids is 2. The number of unbranched alkanes of at least 4 members (excludes halogenated alkanes) is 22. The highest BCUT2D eigenvalue weighted by Gasteiger charge is 2.44. The Bertz CT molecular complexity index is 866. The lowest BCUT2D eigenvalue weighted by Gasteiger charge is -2.39. The lowest BCUT2D eigenvalue weighted by atomic mass is 9.99. The molecule has 0 aliphatic carbocycles. The number of aliphatic hydroxyl groups is 4. The molecule has 10 heteroatoms. The largest absolute Gasteiger partial charge is 0.462 e. The maximum absolute atomic E-state index is 12.7. The highest BCUT2D eigenvalue weighted by molar-refractivity contribution is 5.70. The van der Waals surface area contributed by atoms with Gasteiger partial charge in [0.1, 0.15) is 31.0 Å². The summed E-state index contributed by atoms with van der Waals surface area (Å²) >= 11 is 0. The van der Waals surface area contributed by atoms with E-state index in [1.54, 1.807) is 0 Å². The Balaban J connectivity index is 2.36. The third-order valence-corrected chi connectivity index (χ3v) is 9.90. The van der Waals surface area contributed by atoms with Gasteiger partial charge in [-0.2, -0.15) is 0 Å². The second kappa shape index (κ2) is 34.0. The third-order valence-electron chi connectivity index (χ3n) is 9.90. The number of aliphatic hydroxyl groups excluding tert-OH is 4. The zero-order valence-electron chi connectivity index (χ0n) is 33.1. The second-order valence-electron chi connectivity index (χ2n) is 14.8. The van der Waals surface area contributed by atoms with Gasteiger partial charge < -0.3 is 39.4 Å². The molecule has 0 amide bonds. The van der Waals surface area contributed by atoms with Crippen LogP contribution in [0, 0.1) is 0 Å². The zero-order valence-corrected chi connectivity index (χ0v) is 33.1. The maximum atomic E-state index is 12.7. The minimum Gasteiger partial charge on any atom is -0.462 e. The number of allylic oxidation sites excluding steroid dienone is 2. The summed E-state index contributed by atoms with van der Waals surface area (Å²) in [4.78, 5) is 25.2. The molecule has 4 N–H and O–H groups in total. The van der Waals surface area contributed by atoms with Crippen molar-refractivity contribution in [2.75, 3.05) is 19.8 Å². The summed E-state index contributed by atoms with van der Waals surface area (Å²) in [6, 6.07) is 0. The average molecular weight is 743 g/mol. The van der Waals surface area contributed by atoms with E-state index in [2.05, 4.69) is 26.0 Å². The summed E-state index contributed by atoms with van der Waals surface area (Å²) in [5, 5.41) is 40.0. The van der Waals surface area contributed by atoms with Crippen LogP contribution in [0.15, 0.2) is 12.2 Å². The van der Waals surface area contributed by atoms with Crippen LogP contribution in [0.2, 0.25) is 0 Å². The average Bonchev–Trinajstić information content (AvgIpc) is 3.14. The fourth-order valence-corrected chi connectivity index (χ4v) is 6.48. The Hall–Kier alpha value is -1.56. The van der Waals surface area contributed by atoms with Gasteiger partial charge in [0, 0.05) is 12.8 Å². The highest BCUT2D eigenvalue weighted by Crippen LogP contribution is 2.22. The number of hydrogen-bond donors (Lipinski definition) is 4. The van der Waals surface area contributed by atoms with Gasteiger partial charge in [-0.15, -0.1) is 0 Å². The van der Waals surface area contributed by atoms with Crippen LogP contribution in [0.25, 0.3) is 0 Å². The van der Waals surface area contributed by atoms with Crippen molar-refractivity contribution >= 4 is 11.9 Å². The van der Waals surface area contributed by atoms with Gasteiger partial charge >= 0.3 is 11.9 Å². The lowest BCUT2D eigenvalue weighted by Crippen LogP contribution is -2.59. The molecule has 0 bridgehead atoms. The van der Waals surface area contributed by atoms with E-state index in [0.717, 1.165) is 51.4 Å². The van der Waals surface area contributed by atoms with E-state index >= 15 is 0 Å². The number of hydrogen-bond acceptors (Lipinski definition) is 10. The van der Waals surface area contributed by atoms with E-state index in [1.807, 2.05) is 0 Å². The molecule has 0 spiro atoms. The van der Waals surface area contributed by atoms with Gasteiger partial charge in [0.2, 0.25) is 0 Å². The molecule has 306 valence electrons. The van der Waals surface area contributed by atoms with Crippen molar-refractivity contribution in [3.63, 3.8) is 0 Å². The molecule has 6 unspecified atom stereocenters. The van der Waals surface area contributed by atoms with Crippen molar-refractivity contribution in [1.29, 1.82) is 0 Å². The van der Waals surface area contributed by atoms with E-state index in [1.165, 1.54) is 103 Å². The van der Waals surface area contributed by atoms with E-state index in [4.69, 9.17) is 18.9 Å². The minimum atomic E-state index is -1.59. The van der Waals surface area contributed by atoms with Gasteiger partial charge in [0.05, 0.1) is 13.2 Å². The third kappa shape index (κ3) is 25.5. The normalized spacial score (nSPS) is 21.1. The molecule has 0 aromatic heterocycles. The monoisotopic (exact) mass is 743 g/mol. The van der Waals surface area contributed by atoms with Gasteiger partial charge in [-0.05, 0) is 38.5 Å². The molecule has 1 saturated heterocycles. The van der Waals surface area contributed by atoms with E-state index in [0.29, 0.717) is 6.42 Å². The van der Waals surface area contributed by atoms with Gasteiger partial charge in [0.15, 0.2) is 12.4 Å². The Morgan fingerprint density at radius 1 is 0.577 bits per heavy atom. The molecule has 1 aliphatic heterocycles. The van der Waals surface area contributed by atoms with Crippen LogP contribution in [0.5, 0.6) is 0 Å². The van der Waals surface area contributed by atoms with E-state index < -0.39 is 49.4 Å². The fraction of sp³-hybridized carbons (Fsp3) is 0.905. The van der Waals surface area contributed by atoms with Crippen LogP contribution in [0.1, 0.15) is 187 Å². The standard InChI is InChI=1S/C42H78O10/c1-3-5-7-9-11-13-15-17-19-21-23-25-27-29-31-38(45)51-35(34-50-42-41(48)40(47)39(46)36(32-43)52-42)33-49-37(44)30-28-26-24-22-20-18-16-14-12-10-8-6-4-2/h15,17,35-36,39-43,46-48H,3-14,16,18-34H2,1-2H3/b17-15-. The Labute approximate surface area is 316 Å². The molecule has 0 radical (unpaired) electrons. The summed E-state index contributed by atoms with van der Waals surface area (Å²) in [7, 11) is 0. The maximum Gasteiger partial charge on any atom is 0.306 e. The number of carbonyl (C=O) groups is 2. The molecular weight excluding hydrogens is 664 g/mol. The Morgan fingerprint density at radius 3 is 1.50 bits per heavy atom. The van der Waals surface area contributed by atoms with Crippen molar-refractivity contribution in [2.45, 2.75) is 224 Å². The minimum absolute atomic E-state index is 0.216. The summed E-state index contributed by atoms with van der Waals surface area (Å²) in [6.45, 7) is 3.41. The van der Waals surface area contributed by atoms with Crippen LogP contribution in [0.4, 0.5) is 0 Å². The smallest absolute Gasteiger partial charge is 0.306 e. The molecular formula is C42H78O10. The molecule has 0 aromatic carbocycles. The van der Waals surface area contributed by atoms with Crippen LogP contribution < -0.4 is 0 Å². The first-order valence-corrected chi connectivity index (χ1v) is 21.3. The van der Waals surface area contributed by atoms with Crippen LogP contribution in [-0.2, 0) is 28.5 Å². The van der Waals surface area contributed by atoms with Gasteiger partial charge in [-0.25, -0.2) is 0 Å². The molecule has 10 nitrogen and oxygen atoms in total.